The lowest BCUT2D eigenvalue weighted by Gasteiger charge is -2.29. The zero-order valence-electron chi connectivity index (χ0n) is 19.3. The third-order valence-corrected chi connectivity index (χ3v) is 5.11. The van der Waals surface area contributed by atoms with Gasteiger partial charge in [0.15, 0.2) is 12.5 Å². The number of hydrogen-bond donors (Lipinski definition) is 2. The molecule has 2 atom stereocenters. The average Bonchev–Trinajstić information content (AvgIpc) is 3.08. The maximum atomic E-state index is 12.8. The van der Waals surface area contributed by atoms with E-state index in [1.54, 1.807) is 39.0 Å². The Kier molecular flexibility index (Phi) is 7.68. The summed E-state index contributed by atoms with van der Waals surface area (Å²) in [6.45, 7) is 5.43. The molecular weight excluding hydrogens is 442 g/mol. The largest absolute Gasteiger partial charge is 0.444 e. The topological polar surface area (TPSA) is 131 Å². The van der Waals surface area contributed by atoms with Crippen molar-refractivity contribution >= 4 is 30.1 Å². The minimum Gasteiger partial charge on any atom is -0.444 e. The van der Waals surface area contributed by atoms with E-state index in [1.807, 2.05) is 0 Å². The van der Waals surface area contributed by atoms with E-state index in [4.69, 9.17) is 9.47 Å². The summed E-state index contributed by atoms with van der Waals surface area (Å²) in [5, 5.41) is 4.60. The quantitative estimate of drug-likeness (QED) is 0.211. The molecule has 0 aliphatic carbocycles. The van der Waals surface area contributed by atoms with Gasteiger partial charge < -0.3 is 14.4 Å². The van der Waals surface area contributed by atoms with Crippen LogP contribution >= 0.6 is 0 Å². The monoisotopic (exact) mass is 469 g/mol. The Bertz CT molecular complexity index is 1060. The normalized spacial score (nSPS) is 18.4. The van der Waals surface area contributed by atoms with E-state index in [1.165, 1.54) is 4.90 Å². The Morgan fingerprint density at radius 2 is 2.09 bits per heavy atom. The average molecular weight is 469 g/mol. The number of carbonyl (C=O) groups excluding carboxylic acids is 5. The molecule has 1 unspecified atom stereocenters. The minimum atomic E-state index is -1.16. The summed E-state index contributed by atoms with van der Waals surface area (Å²) in [7, 11) is 0. The molecular formula is C24H27N3O7. The molecule has 3 rings (SSSR count). The fraction of sp³-hybridized carbons (Fsp3) is 0.458. The number of fused-ring (bicyclic) bond motifs is 1. The molecule has 10 heteroatoms. The summed E-state index contributed by atoms with van der Waals surface area (Å²) in [6.07, 6.45) is -0.713. The van der Waals surface area contributed by atoms with Crippen LogP contribution in [0.3, 0.4) is 0 Å². The first-order chi connectivity index (χ1) is 16.1. The summed E-state index contributed by atoms with van der Waals surface area (Å²) in [6, 6.07) is 4.50. The highest BCUT2D eigenvalue weighted by Crippen LogP contribution is 2.29. The number of benzene rings is 1. The molecule has 1 aromatic rings. The molecule has 2 aliphatic rings. The highest BCUT2D eigenvalue weighted by molar-refractivity contribution is 6.05. The summed E-state index contributed by atoms with van der Waals surface area (Å²) in [5.74, 6) is 4.88. The van der Waals surface area contributed by atoms with Crippen molar-refractivity contribution in [3.05, 3.63) is 34.9 Å². The van der Waals surface area contributed by atoms with Gasteiger partial charge in [-0.3, -0.25) is 29.8 Å². The second-order valence-electron chi connectivity index (χ2n) is 8.86. The van der Waals surface area contributed by atoms with Gasteiger partial charge in [-0.15, -0.1) is 0 Å². The third-order valence-electron chi connectivity index (χ3n) is 5.11. The lowest BCUT2D eigenvalue weighted by molar-refractivity contribution is -0.137. The molecule has 0 saturated carbocycles. The number of imide groups is 1. The number of aldehydes is 1. The number of nitrogens with one attached hydrogen (secondary N) is 2. The van der Waals surface area contributed by atoms with Gasteiger partial charge in [0.05, 0.1) is 6.61 Å². The van der Waals surface area contributed by atoms with Crippen LogP contribution in [0.15, 0.2) is 18.2 Å². The molecule has 2 N–H and O–H groups in total. The van der Waals surface area contributed by atoms with Crippen LogP contribution in [0.1, 0.15) is 61.5 Å². The molecule has 10 nitrogen and oxygen atoms in total. The third kappa shape index (κ3) is 6.20. The molecule has 0 bridgehead atoms. The van der Waals surface area contributed by atoms with Gasteiger partial charge in [0.2, 0.25) is 11.8 Å². The molecule has 4 amide bonds. The minimum absolute atomic E-state index is 0.0859. The first kappa shape index (κ1) is 24.9. The molecule has 180 valence electrons. The lowest BCUT2D eigenvalue weighted by atomic mass is 10.0. The van der Waals surface area contributed by atoms with E-state index in [-0.39, 0.29) is 44.2 Å². The summed E-state index contributed by atoms with van der Waals surface area (Å²) >= 11 is 0. The highest BCUT2D eigenvalue weighted by atomic mass is 16.6. The number of ether oxygens (including phenoxy) is 2. The van der Waals surface area contributed by atoms with E-state index in [2.05, 4.69) is 22.5 Å². The molecule has 1 fully saturated rings. The van der Waals surface area contributed by atoms with Crippen LogP contribution in [0.2, 0.25) is 0 Å². The summed E-state index contributed by atoms with van der Waals surface area (Å²) in [4.78, 5) is 60.8. The van der Waals surface area contributed by atoms with Gasteiger partial charge >= 0.3 is 6.09 Å². The van der Waals surface area contributed by atoms with Crippen molar-refractivity contribution < 1.29 is 33.4 Å². The maximum Gasteiger partial charge on any atom is 0.410 e. The van der Waals surface area contributed by atoms with Crippen molar-refractivity contribution in [2.75, 3.05) is 6.61 Å². The molecule has 2 aliphatic heterocycles. The van der Waals surface area contributed by atoms with Crippen molar-refractivity contribution in [2.45, 2.75) is 64.4 Å². The highest BCUT2D eigenvalue weighted by Gasteiger charge is 2.39. The van der Waals surface area contributed by atoms with Crippen molar-refractivity contribution in [2.24, 2.45) is 0 Å². The number of alkyl carbamates (subject to hydrolysis) is 1. The van der Waals surface area contributed by atoms with Crippen LogP contribution in [0.5, 0.6) is 0 Å². The van der Waals surface area contributed by atoms with Crippen molar-refractivity contribution in [3.8, 4) is 11.8 Å². The van der Waals surface area contributed by atoms with E-state index < -0.39 is 29.9 Å². The Morgan fingerprint density at radius 3 is 2.76 bits per heavy atom. The predicted molar refractivity (Wildman–Crippen MR) is 119 cm³/mol. The molecule has 0 aromatic heterocycles. The van der Waals surface area contributed by atoms with Crippen molar-refractivity contribution in [1.29, 1.82) is 0 Å². The van der Waals surface area contributed by atoms with Crippen molar-refractivity contribution in [3.63, 3.8) is 0 Å². The Morgan fingerprint density at radius 1 is 1.32 bits per heavy atom. The number of nitrogens with zero attached hydrogens (tertiary/aromatic N) is 1. The van der Waals surface area contributed by atoms with Crippen LogP contribution in [0, 0.1) is 11.8 Å². The van der Waals surface area contributed by atoms with Gasteiger partial charge in [0, 0.05) is 30.5 Å². The molecule has 0 spiro atoms. The second-order valence-corrected chi connectivity index (χ2v) is 8.86. The Labute approximate surface area is 197 Å². The van der Waals surface area contributed by atoms with Gasteiger partial charge in [-0.25, -0.2) is 4.79 Å². The van der Waals surface area contributed by atoms with Gasteiger partial charge in [-0.1, -0.05) is 17.9 Å². The fourth-order valence-corrected chi connectivity index (χ4v) is 3.64. The Balaban J connectivity index is 1.57. The number of carbonyl (C=O) groups is 5. The van der Waals surface area contributed by atoms with Crippen molar-refractivity contribution in [1.82, 2.24) is 15.5 Å². The molecule has 2 heterocycles. The van der Waals surface area contributed by atoms with E-state index in [9.17, 15) is 24.0 Å². The van der Waals surface area contributed by atoms with Gasteiger partial charge in [-0.05, 0) is 44.9 Å². The maximum absolute atomic E-state index is 12.8. The number of piperidine rings is 1. The standard InChI is InChI=1S/C24H27N3O7/c1-24(2,3)34-23(32)26-20(14-28)33-12-5-4-7-15-8-6-9-16-17(15)13-27(22(16)31)18-10-11-19(29)25-21(18)30/h6,8-9,14,18,20H,5,10-13H2,1-3H3,(H,26,32)(H,25,29,30)/t18?,20-/m1/s1. The first-order valence-corrected chi connectivity index (χ1v) is 10.9. The zero-order chi connectivity index (χ0) is 24.9. The van der Waals surface area contributed by atoms with Crippen LogP contribution in [0.25, 0.3) is 0 Å². The predicted octanol–water partition coefficient (Wildman–Crippen LogP) is 1.26. The summed E-state index contributed by atoms with van der Waals surface area (Å²) in [5.41, 5.74) is 1.16. The van der Waals surface area contributed by atoms with Crippen LogP contribution in [-0.4, -0.2) is 59.5 Å². The van der Waals surface area contributed by atoms with Gasteiger partial charge in [-0.2, -0.15) is 0 Å². The lowest BCUT2D eigenvalue weighted by Crippen LogP contribution is -2.52. The molecule has 1 aromatic carbocycles. The van der Waals surface area contributed by atoms with E-state index >= 15 is 0 Å². The van der Waals surface area contributed by atoms with E-state index in [0.717, 1.165) is 5.56 Å². The summed E-state index contributed by atoms with van der Waals surface area (Å²) < 4.78 is 10.4. The molecule has 34 heavy (non-hydrogen) atoms. The second kappa shape index (κ2) is 10.5. The van der Waals surface area contributed by atoms with E-state index in [0.29, 0.717) is 17.4 Å². The molecule has 1 saturated heterocycles. The van der Waals surface area contributed by atoms with Crippen LogP contribution in [0.4, 0.5) is 4.79 Å². The van der Waals surface area contributed by atoms with Gasteiger partial charge in [0.1, 0.15) is 11.6 Å². The first-order valence-electron chi connectivity index (χ1n) is 10.9. The SMILES string of the molecule is CC(C)(C)OC(=O)N[C@@H](C=O)OCCC#Cc1cccc2c1CN(C1CCC(=O)NC1=O)C2=O. The fourth-order valence-electron chi connectivity index (χ4n) is 3.64. The van der Waals surface area contributed by atoms with Crippen LogP contribution < -0.4 is 10.6 Å². The molecule has 0 radical (unpaired) electrons. The zero-order valence-corrected chi connectivity index (χ0v) is 19.3. The van der Waals surface area contributed by atoms with Gasteiger partial charge in [0.25, 0.3) is 5.91 Å². The number of rotatable bonds is 6. The smallest absolute Gasteiger partial charge is 0.410 e. The number of amides is 4. The Hall–Kier alpha value is -3.71. The van der Waals surface area contributed by atoms with Crippen LogP contribution in [-0.2, 0) is 30.4 Å². The number of hydrogen-bond acceptors (Lipinski definition) is 7.